The molecule has 0 N–H and O–H groups in total. The minimum absolute atomic E-state index is 0.0664. The number of hydrogen-bond donors (Lipinski definition) is 0. The summed E-state index contributed by atoms with van der Waals surface area (Å²) in [5, 5.41) is -0.312. The molecule has 146 valence electrons. The Bertz CT molecular complexity index is 1030. The van der Waals surface area contributed by atoms with E-state index in [0.717, 1.165) is 6.07 Å². The van der Waals surface area contributed by atoms with Crippen molar-refractivity contribution in [3.63, 3.8) is 0 Å². The zero-order chi connectivity index (χ0) is 20.6. The molecule has 1 heterocycles. The Labute approximate surface area is 156 Å². The number of aromatic nitrogens is 2. The quantitative estimate of drug-likeness (QED) is 0.733. The van der Waals surface area contributed by atoms with Crippen LogP contribution in [0.5, 0.6) is 0 Å². The molecule has 0 bridgehead atoms. The summed E-state index contributed by atoms with van der Waals surface area (Å²) in [5.74, 6) is -2.05. The molecule has 0 unspecified atom stereocenters. The number of benzene rings is 1. The lowest BCUT2D eigenvalue weighted by Crippen LogP contribution is -2.42. The average molecular weight is 405 g/mol. The fourth-order valence-corrected chi connectivity index (χ4v) is 2.65. The highest BCUT2D eigenvalue weighted by Crippen LogP contribution is 2.24. The number of carbonyl (C=O) groups excluding carboxylic acids is 1. The lowest BCUT2D eigenvalue weighted by molar-refractivity contribution is 0.0377. The third kappa shape index (κ3) is 3.78. The van der Waals surface area contributed by atoms with Crippen molar-refractivity contribution >= 4 is 17.6 Å². The summed E-state index contributed by atoms with van der Waals surface area (Å²) in [6.07, 6.45) is -0.512. The molecule has 0 amide bonds. The molecule has 10 heteroatoms. The predicted molar refractivity (Wildman–Crippen MR) is 92.5 cm³/mol. The highest BCUT2D eigenvalue weighted by atomic mass is 35.5. The summed E-state index contributed by atoms with van der Waals surface area (Å²) >= 11 is 5.85. The van der Waals surface area contributed by atoms with E-state index in [1.54, 1.807) is 13.8 Å². The molecule has 0 aliphatic rings. The molecule has 0 saturated heterocycles. The summed E-state index contributed by atoms with van der Waals surface area (Å²) < 4.78 is 46.3. The van der Waals surface area contributed by atoms with Gasteiger partial charge in [0.2, 0.25) is 0 Å². The summed E-state index contributed by atoms with van der Waals surface area (Å²) in [6.45, 7) is 2.31. The van der Waals surface area contributed by atoms with Gasteiger partial charge >= 0.3 is 18.2 Å². The van der Waals surface area contributed by atoms with Gasteiger partial charge in [0.25, 0.3) is 5.56 Å². The van der Waals surface area contributed by atoms with Crippen molar-refractivity contribution in [3.05, 3.63) is 60.6 Å². The van der Waals surface area contributed by atoms with Crippen LogP contribution in [0.3, 0.4) is 0 Å². The Balaban J connectivity index is 2.86. The van der Waals surface area contributed by atoms with E-state index in [0.29, 0.717) is 6.07 Å². The van der Waals surface area contributed by atoms with E-state index in [1.165, 1.54) is 13.8 Å². The summed E-state index contributed by atoms with van der Waals surface area (Å²) in [4.78, 5) is 37.0. The molecule has 2 rings (SSSR count). The van der Waals surface area contributed by atoms with Gasteiger partial charge < -0.3 is 4.74 Å². The first kappa shape index (κ1) is 20.8. The molecule has 1 aromatic carbocycles. The first-order valence-electron chi connectivity index (χ1n) is 7.80. The minimum atomic E-state index is -3.25. The fourth-order valence-electron chi connectivity index (χ4n) is 2.43. The Morgan fingerprint density at radius 3 is 2.30 bits per heavy atom. The van der Waals surface area contributed by atoms with Crippen molar-refractivity contribution < 1.29 is 22.7 Å². The van der Waals surface area contributed by atoms with Crippen LogP contribution >= 0.6 is 11.6 Å². The summed E-state index contributed by atoms with van der Waals surface area (Å²) in [6, 6.07) is 1.54. The smallest absolute Gasteiger partial charge is 0.340 e. The molecule has 0 aliphatic carbocycles. The Morgan fingerprint density at radius 1 is 1.19 bits per heavy atom. The summed E-state index contributed by atoms with van der Waals surface area (Å²) in [7, 11) is 0. The largest absolute Gasteiger partial charge is 0.459 e. The SMILES string of the molecule is Cc1c(C)n(C(F)F)c(=O)n(-c2cc(C(=O)OC(C)C)c(Cl)cc2F)c1=O. The van der Waals surface area contributed by atoms with Crippen molar-refractivity contribution in [2.24, 2.45) is 0 Å². The van der Waals surface area contributed by atoms with E-state index in [1.807, 2.05) is 0 Å². The molecule has 0 atom stereocenters. The van der Waals surface area contributed by atoms with Gasteiger partial charge in [-0.2, -0.15) is 8.78 Å². The number of ether oxygens (including phenoxy) is 1. The molecule has 0 saturated carbocycles. The van der Waals surface area contributed by atoms with Crippen LogP contribution < -0.4 is 11.2 Å². The van der Waals surface area contributed by atoms with Gasteiger partial charge in [-0.3, -0.25) is 4.79 Å². The Hall–Kier alpha value is -2.55. The van der Waals surface area contributed by atoms with Gasteiger partial charge in [-0.25, -0.2) is 23.1 Å². The van der Waals surface area contributed by atoms with Gasteiger partial charge in [0, 0.05) is 11.3 Å². The molecular weight excluding hydrogens is 389 g/mol. The maximum Gasteiger partial charge on any atom is 0.340 e. The Morgan fingerprint density at radius 2 is 1.78 bits per heavy atom. The lowest BCUT2D eigenvalue weighted by Gasteiger charge is -2.16. The zero-order valence-electron chi connectivity index (χ0n) is 14.8. The van der Waals surface area contributed by atoms with Crippen LogP contribution in [0.2, 0.25) is 5.02 Å². The number of halogens is 4. The topological polar surface area (TPSA) is 70.3 Å². The predicted octanol–water partition coefficient (Wildman–Crippen LogP) is 3.37. The number of esters is 1. The number of hydrogen-bond acceptors (Lipinski definition) is 4. The van der Waals surface area contributed by atoms with E-state index >= 15 is 0 Å². The number of rotatable bonds is 4. The van der Waals surface area contributed by atoms with Crippen molar-refractivity contribution in [3.8, 4) is 5.69 Å². The van der Waals surface area contributed by atoms with Crippen molar-refractivity contribution in [2.75, 3.05) is 0 Å². The van der Waals surface area contributed by atoms with E-state index in [2.05, 4.69) is 0 Å². The molecular formula is C17H16ClF3N2O4. The van der Waals surface area contributed by atoms with Crippen LogP contribution in [0, 0.1) is 19.7 Å². The van der Waals surface area contributed by atoms with Gasteiger partial charge in [-0.05, 0) is 39.8 Å². The third-order valence-electron chi connectivity index (χ3n) is 3.86. The molecule has 1 aromatic heterocycles. The summed E-state index contributed by atoms with van der Waals surface area (Å²) in [5.41, 5.74) is -3.83. The van der Waals surface area contributed by atoms with Gasteiger partial charge in [0.15, 0.2) is 0 Å². The molecule has 27 heavy (non-hydrogen) atoms. The molecule has 6 nitrogen and oxygen atoms in total. The second-order valence-corrected chi connectivity index (χ2v) is 6.43. The fraction of sp³-hybridized carbons (Fsp3) is 0.353. The van der Waals surface area contributed by atoms with E-state index < -0.39 is 41.4 Å². The van der Waals surface area contributed by atoms with Crippen LogP contribution in [-0.2, 0) is 4.74 Å². The number of carbonyl (C=O) groups is 1. The van der Waals surface area contributed by atoms with Crippen LogP contribution in [-0.4, -0.2) is 21.2 Å². The van der Waals surface area contributed by atoms with Gasteiger partial charge in [0.05, 0.1) is 22.4 Å². The van der Waals surface area contributed by atoms with Gasteiger partial charge in [0.1, 0.15) is 5.82 Å². The molecule has 0 aliphatic heterocycles. The van der Waals surface area contributed by atoms with Crippen LogP contribution in [0.4, 0.5) is 13.2 Å². The Kier molecular flexibility index (Phi) is 5.84. The van der Waals surface area contributed by atoms with E-state index in [9.17, 15) is 27.6 Å². The van der Waals surface area contributed by atoms with Crippen LogP contribution in [0.15, 0.2) is 21.7 Å². The molecule has 0 spiro atoms. The standard InChI is InChI=1S/C17H16ClF3N2O4/c1-7(2)27-15(25)10-5-13(12(19)6-11(10)18)23-14(24)8(3)9(4)22(16(20)21)17(23)26/h5-7,16H,1-4H3. The minimum Gasteiger partial charge on any atom is -0.459 e. The highest BCUT2D eigenvalue weighted by Gasteiger charge is 2.24. The van der Waals surface area contributed by atoms with Crippen LogP contribution in [0.25, 0.3) is 5.69 Å². The zero-order valence-corrected chi connectivity index (χ0v) is 15.6. The van der Waals surface area contributed by atoms with Crippen molar-refractivity contribution in [1.29, 1.82) is 0 Å². The van der Waals surface area contributed by atoms with Crippen molar-refractivity contribution in [2.45, 2.75) is 40.3 Å². The molecule has 2 aromatic rings. The molecule has 0 fully saturated rings. The normalized spacial score (nSPS) is 11.3. The number of alkyl halides is 2. The maximum absolute atomic E-state index is 14.4. The van der Waals surface area contributed by atoms with Gasteiger partial charge in [-0.1, -0.05) is 11.6 Å². The molecule has 0 radical (unpaired) electrons. The first-order valence-corrected chi connectivity index (χ1v) is 8.18. The first-order chi connectivity index (χ1) is 12.5. The van der Waals surface area contributed by atoms with E-state index in [-0.39, 0.29) is 31.0 Å². The van der Waals surface area contributed by atoms with Crippen molar-refractivity contribution in [1.82, 2.24) is 9.13 Å². The highest BCUT2D eigenvalue weighted by molar-refractivity contribution is 6.33. The average Bonchev–Trinajstić information content (AvgIpc) is 2.53. The van der Waals surface area contributed by atoms with Gasteiger partial charge in [-0.15, -0.1) is 0 Å². The van der Waals surface area contributed by atoms with E-state index in [4.69, 9.17) is 16.3 Å². The second kappa shape index (κ2) is 7.59. The third-order valence-corrected chi connectivity index (χ3v) is 4.17. The monoisotopic (exact) mass is 404 g/mol. The maximum atomic E-state index is 14.4. The second-order valence-electron chi connectivity index (χ2n) is 6.02. The van der Waals surface area contributed by atoms with Crippen LogP contribution in [0.1, 0.15) is 42.0 Å². The lowest BCUT2D eigenvalue weighted by atomic mass is 10.1. The number of nitrogens with zero attached hydrogens (tertiary/aromatic N) is 2.